The Labute approximate surface area is 94.1 Å². The van der Waals surface area contributed by atoms with E-state index in [9.17, 15) is 4.79 Å². The topological polar surface area (TPSA) is 63.2 Å². The number of ether oxygens (including phenoxy) is 1. The predicted molar refractivity (Wildman–Crippen MR) is 58.3 cm³/mol. The number of rotatable bonds is 3. The van der Waals surface area contributed by atoms with Crippen LogP contribution in [0.2, 0.25) is 0 Å². The first kappa shape index (κ1) is 12.1. The smallest absolute Gasteiger partial charge is 0.349 e. The summed E-state index contributed by atoms with van der Waals surface area (Å²) in [4.78, 5) is 11.4. The van der Waals surface area contributed by atoms with Gasteiger partial charge >= 0.3 is 5.97 Å². The second-order valence-corrected chi connectivity index (χ2v) is 3.57. The number of nitriles is 1. The van der Waals surface area contributed by atoms with Gasteiger partial charge in [-0.2, -0.15) is 5.26 Å². The Morgan fingerprint density at radius 2 is 2.25 bits per heavy atom. The summed E-state index contributed by atoms with van der Waals surface area (Å²) in [6, 6.07) is 5.24. The highest BCUT2D eigenvalue weighted by atomic mass is 16.5. The van der Waals surface area contributed by atoms with E-state index in [4.69, 9.17) is 14.4 Å². The molecule has 1 aromatic rings. The Morgan fingerprint density at radius 1 is 1.56 bits per heavy atom. The van der Waals surface area contributed by atoms with Crippen molar-refractivity contribution in [2.24, 2.45) is 0 Å². The van der Waals surface area contributed by atoms with E-state index < -0.39 is 5.97 Å². The fraction of sp³-hybridized carbons (Fsp3) is 0.333. The highest BCUT2D eigenvalue weighted by molar-refractivity contribution is 5.97. The van der Waals surface area contributed by atoms with Gasteiger partial charge in [-0.25, -0.2) is 4.79 Å². The Kier molecular flexibility index (Phi) is 3.90. The van der Waals surface area contributed by atoms with Gasteiger partial charge in [0.1, 0.15) is 23.2 Å². The molecule has 0 spiro atoms. The van der Waals surface area contributed by atoms with Crippen LogP contribution in [-0.4, -0.2) is 12.1 Å². The molecule has 0 aliphatic heterocycles. The molecule has 0 aromatic carbocycles. The third kappa shape index (κ3) is 3.28. The van der Waals surface area contributed by atoms with Crippen molar-refractivity contribution in [2.75, 3.05) is 0 Å². The Bertz CT molecular complexity index is 449. The van der Waals surface area contributed by atoms with Crippen LogP contribution in [0, 0.1) is 18.3 Å². The van der Waals surface area contributed by atoms with Crippen LogP contribution in [0.5, 0.6) is 0 Å². The monoisotopic (exact) mass is 219 g/mol. The van der Waals surface area contributed by atoms with Gasteiger partial charge in [0, 0.05) is 6.08 Å². The van der Waals surface area contributed by atoms with Crippen molar-refractivity contribution in [1.82, 2.24) is 0 Å². The van der Waals surface area contributed by atoms with Crippen LogP contribution in [0.1, 0.15) is 25.4 Å². The number of esters is 1. The molecule has 0 amide bonds. The first-order valence-corrected chi connectivity index (χ1v) is 4.92. The number of nitrogens with zero attached hydrogens (tertiary/aromatic N) is 1. The van der Waals surface area contributed by atoms with E-state index in [2.05, 4.69) is 0 Å². The highest BCUT2D eigenvalue weighted by Gasteiger charge is 2.13. The molecule has 0 saturated heterocycles. The zero-order valence-electron chi connectivity index (χ0n) is 9.48. The van der Waals surface area contributed by atoms with E-state index in [0.29, 0.717) is 5.76 Å². The van der Waals surface area contributed by atoms with Gasteiger partial charge in [-0.3, -0.25) is 0 Å². The molecule has 84 valence electrons. The summed E-state index contributed by atoms with van der Waals surface area (Å²) in [5, 5.41) is 8.82. The molecule has 4 heteroatoms. The number of carbonyl (C=O) groups is 1. The molecule has 1 rings (SSSR count). The molecule has 0 bridgehead atoms. The van der Waals surface area contributed by atoms with E-state index in [1.165, 1.54) is 6.08 Å². The number of hydrogen-bond acceptors (Lipinski definition) is 4. The lowest BCUT2D eigenvalue weighted by atomic mass is 10.2. The number of furan rings is 1. The van der Waals surface area contributed by atoms with Gasteiger partial charge in [0.05, 0.1) is 6.10 Å². The Balaban J connectivity index is 2.87. The summed E-state index contributed by atoms with van der Waals surface area (Å²) in [5.74, 6) is 0.557. The normalized spacial score (nSPS) is 11.3. The summed E-state index contributed by atoms with van der Waals surface area (Å²) in [6.07, 6.45) is 1.13. The van der Waals surface area contributed by atoms with Crippen molar-refractivity contribution in [2.45, 2.75) is 26.9 Å². The minimum Gasteiger partial charge on any atom is -0.462 e. The van der Waals surface area contributed by atoms with Crippen molar-refractivity contribution in [1.29, 1.82) is 5.26 Å². The maximum Gasteiger partial charge on any atom is 0.349 e. The molecular formula is C12H13NO3. The molecule has 1 aromatic heterocycles. The third-order valence-corrected chi connectivity index (χ3v) is 1.73. The average molecular weight is 219 g/mol. The second kappa shape index (κ2) is 5.17. The summed E-state index contributed by atoms with van der Waals surface area (Å²) in [7, 11) is 0. The lowest BCUT2D eigenvalue weighted by Gasteiger charge is -2.05. The minimum atomic E-state index is -0.633. The lowest BCUT2D eigenvalue weighted by Crippen LogP contribution is -2.12. The van der Waals surface area contributed by atoms with E-state index >= 15 is 0 Å². The van der Waals surface area contributed by atoms with Crippen molar-refractivity contribution >= 4 is 12.0 Å². The number of carbonyl (C=O) groups excluding carboxylic acids is 1. The quantitative estimate of drug-likeness (QED) is 0.445. The minimum absolute atomic E-state index is 0.0666. The van der Waals surface area contributed by atoms with Crippen LogP contribution in [-0.2, 0) is 9.53 Å². The van der Waals surface area contributed by atoms with Crippen molar-refractivity contribution in [3.63, 3.8) is 0 Å². The second-order valence-electron chi connectivity index (χ2n) is 3.57. The molecule has 0 fully saturated rings. The molecule has 1 heterocycles. The summed E-state index contributed by atoms with van der Waals surface area (Å²) in [6.45, 7) is 5.24. The van der Waals surface area contributed by atoms with Gasteiger partial charge in [-0.15, -0.1) is 0 Å². The number of hydrogen-bond donors (Lipinski definition) is 0. The summed E-state index contributed by atoms with van der Waals surface area (Å²) in [5.41, 5.74) is -0.0666. The van der Waals surface area contributed by atoms with Crippen molar-refractivity contribution < 1.29 is 13.9 Å². The first-order valence-electron chi connectivity index (χ1n) is 4.92. The van der Waals surface area contributed by atoms with Crippen LogP contribution < -0.4 is 0 Å². The number of aryl methyl sites for hydroxylation is 1. The van der Waals surface area contributed by atoms with Gasteiger partial charge in [0.25, 0.3) is 0 Å². The fourth-order valence-electron chi connectivity index (χ4n) is 1.09. The maximum atomic E-state index is 11.4. The standard InChI is InChI=1S/C12H13NO3/c1-8(2)15-12(14)10(7-13)6-11-5-4-9(3)16-11/h4-6,8H,1-3H3/b10-6+. The maximum absolute atomic E-state index is 11.4. The molecule has 4 nitrogen and oxygen atoms in total. The average Bonchev–Trinajstić information content (AvgIpc) is 2.59. The Hall–Kier alpha value is -2.02. The van der Waals surface area contributed by atoms with E-state index in [1.54, 1.807) is 39.0 Å². The zero-order valence-corrected chi connectivity index (χ0v) is 9.48. The van der Waals surface area contributed by atoms with E-state index in [-0.39, 0.29) is 11.7 Å². The van der Waals surface area contributed by atoms with Crippen LogP contribution in [0.4, 0.5) is 0 Å². The van der Waals surface area contributed by atoms with Gasteiger partial charge < -0.3 is 9.15 Å². The summed E-state index contributed by atoms with van der Waals surface area (Å²) < 4.78 is 10.1. The fourth-order valence-corrected chi connectivity index (χ4v) is 1.09. The SMILES string of the molecule is Cc1ccc(/C=C(\C#N)C(=O)OC(C)C)o1. The van der Waals surface area contributed by atoms with E-state index in [1.807, 2.05) is 0 Å². The van der Waals surface area contributed by atoms with Crippen LogP contribution in [0.15, 0.2) is 22.1 Å². The van der Waals surface area contributed by atoms with Crippen molar-refractivity contribution in [3.8, 4) is 6.07 Å². The van der Waals surface area contributed by atoms with Gasteiger partial charge in [0.2, 0.25) is 0 Å². The molecule has 0 aliphatic carbocycles. The predicted octanol–water partition coefficient (Wildman–Crippen LogP) is 2.45. The molecular weight excluding hydrogens is 206 g/mol. The molecule has 0 N–H and O–H groups in total. The van der Waals surface area contributed by atoms with Gasteiger partial charge in [-0.1, -0.05) is 0 Å². The summed E-state index contributed by atoms with van der Waals surface area (Å²) >= 11 is 0. The van der Waals surface area contributed by atoms with Crippen LogP contribution in [0.25, 0.3) is 6.08 Å². The molecule has 0 radical (unpaired) electrons. The zero-order chi connectivity index (χ0) is 12.1. The van der Waals surface area contributed by atoms with E-state index in [0.717, 1.165) is 5.76 Å². The lowest BCUT2D eigenvalue weighted by molar-refractivity contribution is -0.142. The van der Waals surface area contributed by atoms with Gasteiger partial charge in [0.15, 0.2) is 0 Å². The van der Waals surface area contributed by atoms with Crippen LogP contribution >= 0.6 is 0 Å². The molecule has 0 atom stereocenters. The molecule has 16 heavy (non-hydrogen) atoms. The molecule has 0 aliphatic rings. The Morgan fingerprint density at radius 3 is 2.69 bits per heavy atom. The molecule has 0 saturated carbocycles. The highest BCUT2D eigenvalue weighted by Crippen LogP contribution is 2.12. The first-order chi connectivity index (χ1) is 7.52. The van der Waals surface area contributed by atoms with Gasteiger partial charge in [-0.05, 0) is 32.9 Å². The largest absolute Gasteiger partial charge is 0.462 e. The molecule has 0 unspecified atom stereocenters. The third-order valence-electron chi connectivity index (χ3n) is 1.73. The van der Waals surface area contributed by atoms with Crippen molar-refractivity contribution in [3.05, 3.63) is 29.2 Å². The van der Waals surface area contributed by atoms with Crippen LogP contribution in [0.3, 0.4) is 0 Å².